The first-order chi connectivity index (χ1) is 10.0. The molecule has 0 unspecified atom stereocenters. The van der Waals surface area contributed by atoms with Crippen LogP contribution in [0.1, 0.15) is 24.3 Å². The highest BCUT2D eigenvalue weighted by Crippen LogP contribution is 2.26. The van der Waals surface area contributed by atoms with Crippen LogP contribution in [0.15, 0.2) is 30.3 Å². The van der Waals surface area contributed by atoms with E-state index in [1.54, 1.807) is 0 Å². The molecule has 2 aromatic rings. The average molecular weight is 344 g/mol. The largest absolute Gasteiger partial charge is 0.488 e. The Morgan fingerprint density at radius 1 is 1.19 bits per heavy atom. The Morgan fingerprint density at radius 2 is 2.00 bits per heavy atom. The third-order valence-corrected chi connectivity index (χ3v) is 4.33. The van der Waals surface area contributed by atoms with E-state index in [9.17, 15) is 0 Å². The SMILES string of the molecule is CC(C)CNCc1cc(Cl)ccc1OCc1ccc(Cl)s1. The fourth-order valence-corrected chi connectivity index (χ4v) is 3.10. The van der Waals surface area contributed by atoms with Gasteiger partial charge in [0.1, 0.15) is 12.4 Å². The Morgan fingerprint density at radius 3 is 2.67 bits per heavy atom. The predicted octanol–water partition coefficient (Wildman–Crippen LogP) is 5.38. The third-order valence-electron chi connectivity index (χ3n) is 2.89. The zero-order valence-electron chi connectivity index (χ0n) is 12.2. The highest BCUT2D eigenvalue weighted by atomic mass is 35.5. The number of hydrogen-bond donors (Lipinski definition) is 1. The number of hydrogen-bond acceptors (Lipinski definition) is 3. The van der Waals surface area contributed by atoms with Crippen LogP contribution in [0.2, 0.25) is 9.36 Å². The molecule has 1 aromatic heterocycles. The van der Waals surface area contributed by atoms with Gasteiger partial charge in [-0.2, -0.15) is 0 Å². The van der Waals surface area contributed by atoms with E-state index in [0.717, 1.165) is 38.6 Å². The van der Waals surface area contributed by atoms with Crippen LogP contribution < -0.4 is 10.1 Å². The Bertz CT molecular complexity index is 583. The lowest BCUT2D eigenvalue weighted by Gasteiger charge is -2.13. The van der Waals surface area contributed by atoms with Crippen molar-refractivity contribution < 1.29 is 4.74 Å². The molecule has 21 heavy (non-hydrogen) atoms. The second-order valence-corrected chi connectivity index (χ2v) is 7.51. The van der Waals surface area contributed by atoms with Gasteiger partial charge in [0.05, 0.1) is 4.34 Å². The molecule has 0 radical (unpaired) electrons. The lowest BCUT2D eigenvalue weighted by atomic mass is 10.2. The second-order valence-electron chi connectivity index (χ2n) is 5.27. The van der Waals surface area contributed by atoms with E-state index in [4.69, 9.17) is 27.9 Å². The summed E-state index contributed by atoms with van der Waals surface area (Å²) in [4.78, 5) is 1.11. The van der Waals surface area contributed by atoms with Gasteiger partial charge in [0.2, 0.25) is 0 Å². The molecular formula is C16H19Cl2NOS. The molecule has 1 aromatic carbocycles. The molecule has 0 amide bonds. The molecule has 0 aliphatic heterocycles. The van der Waals surface area contributed by atoms with E-state index in [-0.39, 0.29) is 0 Å². The lowest BCUT2D eigenvalue weighted by Crippen LogP contribution is -2.19. The minimum absolute atomic E-state index is 0.524. The Labute approximate surface area is 140 Å². The summed E-state index contributed by atoms with van der Waals surface area (Å²) in [6.45, 7) is 6.60. The van der Waals surface area contributed by atoms with E-state index < -0.39 is 0 Å². The smallest absolute Gasteiger partial charge is 0.124 e. The van der Waals surface area contributed by atoms with Gasteiger partial charge in [0, 0.05) is 22.0 Å². The zero-order valence-corrected chi connectivity index (χ0v) is 14.5. The Balaban J connectivity index is 2.00. The molecule has 0 aliphatic rings. The number of thiophene rings is 1. The highest BCUT2D eigenvalue weighted by molar-refractivity contribution is 7.16. The number of halogens is 2. The molecule has 114 valence electrons. The van der Waals surface area contributed by atoms with E-state index in [1.807, 2.05) is 30.3 Å². The topological polar surface area (TPSA) is 21.3 Å². The Hall–Kier alpha value is -0.740. The van der Waals surface area contributed by atoms with E-state index in [2.05, 4.69) is 19.2 Å². The summed E-state index contributed by atoms with van der Waals surface area (Å²) in [6, 6.07) is 9.59. The van der Waals surface area contributed by atoms with E-state index in [1.165, 1.54) is 11.3 Å². The van der Waals surface area contributed by atoms with Gasteiger partial charge in [0.15, 0.2) is 0 Å². The highest BCUT2D eigenvalue weighted by Gasteiger charge is 2.07. The van der Waals surface area contributed by atoms with Crippen LogP contribution in [0.5, 0.6) is 5.75 Å². The summed E-state index contributed by atoms with van der Waals surface area (Å²) in [5.41, 5.74) is 1.07. The minimum Gasteiger partial charge on any atom is -0.488 e. The van der Waals surface area contributed by atoms with Crippen LogP contribution in [0, 0.1) is 5.92 Å². The van der Waals surface area contributed by atoms with Gasteiger partial charge in [-0.25, -0.2) is 0 Å². The van der Waals surface area contributed by atoms with Gasteiger partial charge in [-0.3, -0.25) is 0 Å². The monoisotopic (exact) mass is 343 g/mol. The maximum absolute atomic E-state index is 6.08. The second kappa shape index (κ2) is 8.04. The quantitative estimate of drug-likeness (QED) is 0.728. The lowest BCUT2D eigenvalue weighted by molar-refractivity contribution is 0.305. The maximum Gasteiger partial charge on any atom is 0.124 e. The predicted molar refractivity (Wildman–Crippen MR) is 91.7 cm³/mol. The molecule has 0 saturated carbocycles. The molecule has 0 fully saturated rings. The molecule has 0 aliphatic carbocycles. The fraction of sp³-hybridized carbons (Fsp3) is 0.375. The first-order valence-electron chi connectivity index (χ1n) is 6.90. The van der Waals surface area contributed by atoms with Crippen LogP contribution in [0.3, 0.4) is 0 Å². The fourth-order valence-electron chi connectivity index (χ4n) is 1.90. The standard InChI is InChI=1S/C16H19Cl2NOS/c1-11(2)8-19-9-12-7-13(17)3-5-15(12)20-10-14-4-6-16(18)21-14/h3-7,11,19H,8-10H2,1-2H3. The zero-order chi connectivity index (χ0) is 15.2. The van der Waals surface area contributed by atoms with Gasteiger partial charge >= 0.3 is 0 Å². The third kappa shape index (κ3) is 5.51. The number of nitrogens with one attached hydrogen (secondary N) is 1. The molecule has 0 atom stereocenters. The molecule has 2 rings (SSSR count). The number of rotatable bonds is 7. The van der Waals surface area contributed by atoms with Crippen LogP contribution >= 0.6 is 34.5 Å². The molecule has 0 spiro atoms. The van der Waals surface area contributed by atoms with Gasteiger partial charge in [-0.15, -0.1) is 11.3 Å². The molecule has 0 saturated heterocycles. The first-order valence-corrected chi connectivity index (χ1v) is 8.48. The summed E-state index contributed by atoms with van der Waals surface area (Å²) in [5, 5.41) is 4.14. The van der Waals surface area contributed by atoms with Crippen molar-refractivity contribution in [2.75, 3.05) is 6.54 Å². The molecule has 1 N–H and O–H groups in total. The summed E-state index contributed by atoms with van der Waals surface area (Å²) < 4.78 is 6.68. The normalized spacial score (nSPS) is 11.1. The van der Waals surface area contributed by atoms with Crippen LogP contribution in [-0.2, 0) is 13.2 Å². The van der Waals surface area contributed by atoms with Crippen molar-refractivity contribution in [3.8, 4) is 5.75 Å². The van der Waals surface area contributed by atoms with Crippen molar-refractivity contribution in [2.24, 2.45) is 5.92 Å². The van der Waals surface area contributed by atoms with Crippen molar-refractivity contribution in [1.29, 1.82) is 0 Å². The molecule has 5 heteroatoms. The number of benzene rings is 1. The van der Waals surface area contributed by atoms with Crippen molar-refractivity contribution in [2.45, 2.75) is 27.0 Å². The van der Waals surface area contributed by atoms with Gasteiger partial charge in [-0.1, -0.05) is 37.0 Å². The molecule has 2 nitrogen and oxygen atoms in total. The number of ether oxygens (including phenoxy) is 1. The Kier molecular flexibility index (Phi) is 6.37. The van der Waals surface area contributed by atoms with Crippen molar-refractivity contribution >= 4 is 34.5 Å². The van der Waals surface area contributed by atoms with E-state index in [0.29, 0.717) is 12.5 Å². The van der Waals surface area contributed by atoms with Crippen molar-refractivity contribution in [1.82, 2.24) is 5.32 Å². The summed E-state index contributed by atoms with van der Waals surface area (Å²) in [5.74, 6) is 1.47. The minimum atomic E-state index is 0.524. The van der Waals surface area contributed by atoms with Gasteiger partial charge < -0.3 is 10.1 Å². The van der Waals surface area contributed by atoms with E-state index >= 15 is 0 Å². The van der Waals surface area contributed by atoms with Crippen LogP contribution in [0.25, 0.3) is 0 Å². The molecule has 0 bridgehead atoms. The maximum atomic E-state index is 6.08. The van der Waals surface area contributed by atoms with Gasteiger partial charge in [0.25, 0.3) is 0 Å². The summed E-state index contributed by atoms with van der Waals surface area (Å²) >= 11 is 13.5. The van der Waals surface area contributed by atoms with Crippen molar-refractivity contribution in [3.63, 3.8) is 0 Å². The van der Waals surface area contributed by atoms with Crippen molar-refractivity contribution in [3.05, 3.63) is 50.1 Å². The van der Waals surface area contributed by atoms with Crippen LogP contribution in [-0.4, -0.2) is 6.54 Å². The average Bonchev–Trinajstić information content (AvgIpc) is 2.83. The van der Waals surface area contributed by atoms with Crippen LogP contribution in [0.4, 0.5) is 0 Å². The van der Waals surface area contributed by atoms with Gasteiger partial charge in [-0.05, 0) is 42.8 Å². The molecule has 1 heterocycles. The first kappa shape index (κ1) is 16.6. The molecular weight excluding hydrogens is 325 g/mol. The summed E-state index contributed by atoms with van der Waals surface area (Å²) in [7, 11) is 0. The summed E-state index contributed by atoms with van der Waals surface area (Å²) in [6.07, 6.45) is 0.